The zero-order chi connectivity index (χ0) is 22.5. The maximum Gasteiger partial charge on any atom is 0.295 e. The Labute approximate surface area is 187 Å². The van der Waals surface area contributed by atoms with E-state index in [9.17, 15) is 14.7 Å². The number of amides is 1. The first kappa shape index (κ1) is 22.8. The molecule has 1 N–H and O–H groups in total. The van der Waals surface area contributed by atoms with Gasteiger partial charge in [-0.2, -0.15) is 0 Å². The van der Waals surface area contributed by atoms with Gasteiger partial charge in [0.05, 0.1) is 39.8 Å². The number of likely N-dealkylation sites (N-methyl/N-ethyl adjacent to an activating group) is 1. The van der Waals surface area contributed by atoms with E-state index in [2.05, 4.69) is 0 Å². The van der Waals surface area contributed by atoms with Crippen molar-refractivity contribution in [1.82, 2.24) is 4.90 Å². The number of halogens is 1. The van der Waals surface area contributed by atoms with Crippen LogP contribution in [-0.4, -0.2) is 50.4 Å². The zero-order valence-corrected chi connectivity index (χ0v) is 18.7. The van der Waals surface area contributed by atoms with Crippen LogP contribution in [0.2, 0.25) is 5.02 Å². The molecule has 0 spiro atoms. The van der Waals surface area contributed by atoms with Crippen molar-refractivity contribution in [2.45, 2.75) is 19.4 Å². The topological polar surface area (TPSA) is 74.1 Å². The highest BCUT2D eigenvalue weighted by atomic mass is 35.5. The zero-order valence-electron chi connectivity index (χ0n) is 18.0. The molecule has 1 fully saturated rings. The van der Waals surface area contributed by atoms with Gasteiger partial charge >= 0.3 is 0 Å². The molecule has 7 heteroatoms. The summed E-state index contributed by atoms with van der Waals surface area (Å²) in [6.07, 6.45) is 0.856. The van der Waals surface area contributed by atoms with Gasteiger partial charge in [-0.25, -0.2) is 0 Å². The molecule has 0 bridgehead atoms. The maximum absolute atomic E-state index is 13.3. The molecular formula is C24H27ClN2O4. The number of Topliss-reactive ketones (excluding diaryl/α,β-unsaturated/α-hetero) is 1. The summed E-state index contributed by atoms with van der Waals surface area (Å²) >= 11 is 5.94. The lowest BCUT2D eigenvalue weighted by atomic mass is 9.95. The van der Waals surface area contributed by atoms with Crippen LogP contribution in [0.3, 0.4) is 0 Å². The SMILES string of the molecule is CCCOc1cccc(C2/C(=C(\[O-])c3ccc(Cl)cc3)C(=O)C(=O)N2CC[NH+](C)C)c1. The third kappa shape index (κ3) is 5.09. The van der Waals surface area contributed by atoms with Gasteiger partial charge in [-0.15, -0.1) is 0 Å². The molecule has 1 saturated heterocycles. The summed E-state index contributed by atoms with van der Waals surface area (Å²) in [4.78, 5) is 28.5. The molecule has 1 aliphatic rings. The van der Waals surface area contributed by atoms with E-state index < -0.39 is 23.5 Å². The van der Waals surface area contributed by atoms with Crippen molar-refractivity contribution < 1.29 is 24.3 Å². The predicted molar refractivity (Wildman–Crippen MR) is 118 cm³/mol. The Bertz CT molecular complexity index is 985. The highest BCUT2D eigenvalue weighted by Crippen LogP contribution is 2.39. The summed E-state index contributed by atoms with van der Waals surface area (Å²) in [7, 11) is 3.94. The molecule has 31 heavy (non-hydrogen) atoms. The largest absolute Gasteiger partial charge is 0.872 e. The Morgan fingerprint density at radius 3 is 2.52 bits per heavy atom. The van der Waals surface area contributed by atoms with Crippen LogP contribution in [0.5, 0.6) is 5.75 Å². The fraction of sp³-hybridized carbons (Fsp3) is 0.333. The molecule has 3 rings (SSSR count). The second-order valence-electron chi connectivity index (χ2n) is 7.86. The van der Waals surface area contributed by atoms with Gasteiger partial charge in [-0.3, -0.25) is 9.59 Å². The number of hydrogen-bond acceptors (Lipinski definition) is 4. The van der Waals surface area contributed by atoms with Crippen LogP contribution >= 0.6 is 11.6 Å². The molecule has 0 radical (unpaired) electrons. The Kier molecular flexibility index (Phi) is 7.36. The molecule has 164 valence electrons. The number of quaternary nitrogens is 1. The number of carbonyl (C=O) groups excluding carboxylic acids is 2. The molecule has 1 amide bonds. The smallest absolute Gasteiger partial charge is 0.295 e. The second-order valence-corrected chi connectivity index (χ2v) is 8.29. The first-order valence-electron chi connectivity index (χ1n) is 10.4. The average molecular weight is 443 g/mol. The summed E-state index contributed by atoms with van der Waals surface area (Å²) in [5, 5.41) is 13.8. The Balaban J connectivity index is 2.11. The van der Waals surface area contributed by atoms with Crippen molar-refractivity contribution in [1.29, 1.82) is 0 Å². The third-order valence-electron chi connectivity index (χ3n) is 5.14. The number of benzene rings is 2. The lowest BCUT2D eigenvalue weighted by Crippen LogP contribution is -3.06. The van der Waals surface area contributed by atoms with E-state index in [1.165, 1.54) is 4.90 Å². The van der Waals surface area contributed by atoms with Crippen LogP contribution in [0, 0.1) is 0 Å². The molecule has 2 aromatic carbocycles. The number of nitrogens with zero attached hydrogens (tertiary/aromatic N) is 1. The molecule has 2 aromatic rings. The van der Waals surface area contributed by atoms with E-state index in [0.717, 1.165) is 11.3 Å². The summed E-state index contributed by atoms with van der Waals surface area (Å²) in [5.74, 6) is -1.22. The quantitative estimate of drug-likeness (QED) is 0.382. The Morgan fingerprint density at radius 1 is 1.16 bits per heavy atom. The van der Waals surface area contributed by atoms with Crippen molar-refractivity contribution >= 4 is 29.1 Å². The Hall–Kier alpha value is -2.83. The summed E-state index contributed by atoms with van der Waals surface area (Å²) < 4.78 is 5.73. The number of likely N-dealkylation sites (tertiary alicyclic amines) is 1. The summed E-state index contributed by atoms with van der Waals surface area (Å²) in [5.41, 5.74) is 0.969. The highest BCUT2D eigenvalue weighted by molar-refractivity contribution is 6.46. The van der Waals surface area contributed by atoms with E-state index in [4.69, 9.17) is 16.3 Å². The van der Waals surface area contributed by atoms with Crippen LogP contribution < -0.4 is 14.7 Å². The minimum absolute atomic E-state index is 0.0336. The van der Waals surface area contributed by atoms with E-state index in [0.29, 0.717) is 41.6 Å². The summed E-state index contributed by atoms with van der Waals surface area (Å²) in [6.45, 7) is 3.57. The molecule has 1 heterocycles. The van der Waals surface area contributed by atoms with Gasteiger partial charge < -0.3 is 19.6 Å². The lowest BCUT2D eigenvalue weighted by molar-refractivity contribution is -0.857. The van der Waals surface area contributed by atoms with Gasteiger partial charge in [0, 0.05) is 10.6 Å². The second kappa shape index (κ2) is 9.98. The number of carbonyl (C=O) groups is 2. The van der Waals surface area contributed by atoms with Gasteiger partial charge in [-0.05, 0) is 41.8 Å². The fourth-order valence-corrected chi connectivity index (χ4v) is 3.67. The van der Waals surface area contributed by atoms with Crippen molar-refractivity contribution in [3.05, 3.63) is 70.3 Å². The minimum atomic E-state index is -0.757. The molecule has 0 aromatic heterocycles. The number of ketones is 1. The van der Waals surface area contributed by atoms with Crippen LogP contribution in [0.1, 0.15) is 30.5 Å². The number of hydrogen-bond donors (Lipinski definition) is 1. The number of ether oxygens (including phenoxy) is 1. The molecule has 1 atom stereocenters. The van der Waals surface area contributed by atoms with Crippen molar-refractivity contribution in [2.75, 3.05) is 33.8 Å². The van der Waals surface area contributed by atoms with E-state index in [1.807, 2.05) is 39.2 Å². The molecule has 6 nitrogen and oxygen atoms in total. The standard InChI is InChI=1S/C24H27ClN2O4/c1-4-14-31-19-7-5-6-17(15-19)21-20(22(28)16-8-10-18(25)11-9-16)23(29)24(30)27(21)13-12-26(2)3/h5-11,15,21,28H,4,12-14H2,1-3H3/b22-20+. The first-order chi connectivity index (χ1) is 14.8. The third-order valence-corrected chi connectivity index (χ3v) is 5.39. The van der Waals surface area contributed by atoms with Crippen LogP contribution in [0.4, 0.5) is 0 Å². The molecule has 0 saturated carbocycles. The van der Waals surface area contributed by atoms with Gasteiger partial charge in [0.15, 0.2) is 0 Å². The van der Waals surface area contributed by atoms with E-state index in [-0.39, 0.29) is 5.57 Å². The average Bonchev–Trinajstić information content (AvgIpc) is 3.01. The van der Waals surface area contributed by atoms with E-state index in [1.54, 1.807) is 30.3 Å². The maximum atomic E-state index is 13.3. The monoisotopic (exact) mass is 442 g/mol. The highest BCUT2D eigenvalue weighted by Gasteiger charge is 2.44. The van der Waals surface area contributed by atoms with Crippen molar-refractivity contribution in [3.63, 3.8) is 0 Å². The number of nitrogens with one attached hydrogen (secondary N) is 1. The van der Waals surface area contributed by atoms with Gasteiger partial charge in [0.2, 0.25) is 5.78 Å². The molecule has 1 aliphatic heterocycles. The van der Waals surface area contributed by atoms with Crippen LogP contribution in [-0.2, 0) is 9.59 Å². The predicted octanol–water partition coefficient (Wildman–Crippen LogP) is 1.50. The van der Waals surface area contributed by atoms with Gasteiger partial charge in [0.25, 0.3) is 5.91 Å². The van der Waals surface area contributed by atoms with Crippen LogP contribution in [0.15, 0.2) is 54.1 Å². The van der Waals surface area contributed by atoms with Gasteiger partial charge in [0.1, 0.15) is 5.75 Å². The fourth-order valence-electron chi connectivity index (χ4n) is 3.54. The van der Waals surface area contributed by atoms with E-state index >= 15 is 0 Å². The lowest BCUT2D eigenvalue weighted by Gasteiger charge is -2.28. The summed E-state index contributed by atoms with van der Waals surface area (Å²) in [6, 6.07) is 12.8. The molecule has 1 unspecified atom stereocenters. The van der Waals surface area contributed by atoms with Gasteiger partial charge in [-0.1, -0.05) is 48.5 Å². The molecule has 0 aliphatic carbocycles. The minimum Gasteiger partial charge on any atom is -0.872 e. The molecular weight excluding hydrogens is 416 g/mol. The van der Waals surface area contributed by atoms with Crippen molar-refractivity contribution in [2.24, 2.45) is 0 Å². The van der Waals surface area contributed by atoms with Crippen LogP contribution in [0.25, 0.3) is 5.76 Å². The first-order valence-corrected chi connectivity index (χ1v) is 10.8. The number of rotatable bonds is 8. The Morgan fingerprint density at radius 2 is 1.87 bits per heavy atom. The van der Waals surface area contributed by atoms with Crippen molar-refractivity contribution in [3.8, 4) is 5.75 Å². The normalized spacial score (nSPS) is 18.1.